The molecule has 0 amide bonds. The summed E-state index contributed by atoms with van der Waals surface area (Å²) in [5, 5.41) is 3.33. The molecule has 3 rings (SSSR count). The quantitative estimate of drug-likeness (QED) is 0.524. The van der Waals surface area contributed by atoms with Gasteiger partial charge in [-0.25, -0.2) is 0 Å². The molecule has 0 unspecified atom stereocenters. The third kappa shape index (κ3) is 2.76. The molecule has 4 heteroatoms. The van der Waals surface area contributed by atoms with E-state index < -0.39 is 24.9 Å². The van der Waals surface area contributed by atoms with Crippen LogP contribution in [0.1, 0.15) is 0 Å². The van der Waals surface area contributed by atoms with Crippen LogP contribution in [0.3, 0.4) is 0 Å². The third-order valence-corrected chi connectivity index (χ3v) is 9.13. The van der Waals surface area contributed by atoms with E-state index >= 15 is 0 Å². The standard InChI is InChI=1S/C18H15OSi.O.V/c19-20(16-10-4-1-5-11-16,17-12-6-2-7-13-17)18-14-8-3-9-15-18;;/h1-15H;;/q-1;;+1. The molecule has 0 spiro atoms. The van der Waals surface area contributed by atoms with Crippen molar-refractivity contribution in [2.45, 2.75) is 0 Å². The topological polar surface area (TPSA) is 26.3 Å². The molecule has 0 fully saturated rings. The first-order valence-electron chi connectivity index (χ1n) is 7.05. The van der Waals surface area contributed by atoms with Gasteiger partial charge in [0.1, 0.15) is 0 Å². The number of hydrogen-bond donors (Lipinski definition) is 0. The Labute approximate surface area is 138 Å². The van der Waals surface area contributed by atoms with Crippen LogP contribution in [0.5, 0.6) is 0 Å². The molecule has 3 aromatic carbocycles. The van der Waals surface area contributed by atoms with Crippen molar-refractivity contribution in [1.82, 2.24) is 0 Å². The molecule has 0 saturated heterocycles. The maximum atomic E-state index is 11.6. The molecule has 0 atom stereocenters. The molecule has 0 heterocycles. The molecular weight excluding hydrogens is 327 g/mol. The first-order chi connectivity index (χ1) is 10.9. The van der Waals surface area contributed by atoms with Gasteiger partial charge in [0.25, 0.3) is 0 Å². The summed E-state index contributed by atoms with van der Waals surface area (Å²) in [7, 11) is -2.69. The zero-order valence-electron chi connectivity index (χ0n) is 11.9. The number of benzene rings is 3. The average molecular weight is 342 g/mol. The molecule has 0 aliphatic carbocycles. The van der Waals surface area contributed by atoms with Crippen molar-refractivity contribution < 1.29 is 23.6 Å². The van der Waals surface area contributed by atoms with E-state index in [1.54, 1.807) is 0 Å². The first kappa shape index (κ1) is 15.1. The van der Waals surface area contributed by atoms with E-state index in [4.69, 9.17) is 3.35 Å². The van der Waals surface area contributed by atoms with Crippen molar-refractivity contribution in [3.05, 3.63) is 91.0 Å². The fraction of sp³-hybridized carbons (Fsp3) is 0. The molecular formula is C18H15O2SiV. The summed E-state index contributed by atoms with van der Waals surface area (Å²) < 4.78 is 17.6. The Bertz CT molecular complexity index is 636. The van der Waals surface area contributed by atoms with Gasteiger partial charge in [-0.15, -0.1) is 0 Å². The van der Waals surface area contributed by atoms with Gasteiger partial charge in [-0.05, 0) is 0 Å². The zero-order chi connectivity index (χ0) is 15.3. The molecule has 0 aromatic heterocycles. The van der Waals surface area contributed by atoms with Crippen LogP contribution in [-0.4, -0.2) is 8.32 Å². The van der Waals surface area contributed by atoms with Crippen molar-refractivity contribution in [2.24, 2.45) is 0 Å². The van der Waals surface area contributed by atoms with Gasteiger partial charge in [-0.2, -0.15) is 0 Å². The van der Waals surface area contributed by atoms with Crippen LogP contribution >= 0.6 is 0 Å². The molecule has 0 saturated carbocycles. The van der Waals surface area contributed by atoms with Crippen LogP contribution in [-0.2, 0) is 23.6 Å². The Balaban J connectivity index is 2.31. The summed E-state index contributed by atoms with van der Waals surface area (Å²) >= 11 is -1.40. The molecule has 108 valence electrons. The second-order valence-electron chi connectivity index (χ2n) is 4.95. The predicted molar refractivity (Wildman–Crippen MR) is 85.8 cm³/mol. The zero-order valence-corrected chi connectivity index (χ0v) is 14.3. The maximum absolute atomic E-state index is 11.6. The molecule has 0 aliphatic rings. The Hall–Kier alpha value is -1.78. The number of hydrogen-bond acceptors (Lipinski definition) is 2. The Morgan fingerprint density at radius 3 is 1.18 bits per heavy atom. The summed E-state index contributed by atoms with van der Waals surface area (Å²) in [6.07, 6.45) is 0. The van der Waals surface area contributed by atoms with Crippen molar-refractivity contribution >= 4 is 23.9 Å². The van der Waals surface area contributed by atoms with Crippen LogP contribution < -0.4 is 15.6 Å². The minimum atomic E-state index is -2.69. The van der Waals surface area contributed by atoms with E-state index in [2.05, 4.69) is 36.4 Å². The van der Waals surface area contributed by atoms with Gasteiger partial charge in [0, 0.05) is 0 Å². The van der Waals surface area contributed by atoms with Crippen LogP contribution in [0, 0.1) is 0 Å². The summed E-state index contributed by atoms with van der Waals surface area (Å²) in [4.78, 5) is 0. The van der Waals surface area contributed by atoms with Crippen molar-refractivity contribution in [3.8, 4) is 0 Å². The van der Waals surface area contributed by atoms with Crippen molar-refractivity contribution in [2.75, 3.05) is 0 Å². The summed E-state index contributed by atoms with van der Waals surface area (Å²) in [6.45, 7) is 0. The Kier molecular flexibility index (Phi) is 4.81. The molecule has 22 heavy (non-hydrogen) atoms. The van der Waals surface area contributed by atoms with E-state index in [0.29, 0.717) is 0 Å². The van der Waals surface area contributed by atoms with E-state index in [-0.39, 0.29) is 0 Å². The van der Waals surface area contributed by atoms with Crippen LogP contribution in [0.25, 0.3) is 0 Å². The van der Waals surface area contributed by atoms with E-state index in [0.717, 1.165) is 15.6 Å². The van der Waals surface area contributed by atoms with Gasteiger partial charge in [0.2, 0.25) is 0 Å². The first-order valence-corrected chi connectivity index (χ1v) is 10.1. The summed E-state index contributed by atoms with van der Waals surface area (Å²) in [5.41, 5.74) is 0. The summed E-state index contributed by atoms with van der Waals surface area (Å²) in [5.74, 6) is 0. The SMILES string of the molecule is [O]=[V][O][Si](c1ccccc1)(c1ccccc1)c1ccccc1. The van der Waals surface area contributed by atoms with Crippen molar-refractivity contribution in [1.29, 1.82) is 0 Å². The van der Waals surface area contributed by atoms with Gasteiger partial charge in [-0.3, -0.25) is 0 Å². The van der Waals surface area contributed by atoms with Crippen LogP contribution in [0.4, 0.5) is 0 Å². The molecule has 3 aromatic rings. The number of rotatable bonds is 5. The Morgan fingerprint density at radius 1 is 0.591 bits per heavy atom. The predicted octanol–water partition coefficient (Wildman–Crippen LogP) is 2.01. The van der Waals surface area contributed by atoms with Gasteiger partial charge >= 0.3 is 138 Å². The van der Waals surface area contributed by atoms with E-state index in [1.165, 1.54) is 0 Å². The van der Waals surface area contributed by atoms with Gasteiger partial charge in [-0.1, -0.05) is 0 Å². The normalized spacial score (nSPS) is 11.1. The van der Waals surface area contributed by atoms with Gasteiger partial charge in [0.15, 0.2) is 0 Å². The second kappa shape index (κ2) is 6.99. The molecule has 0 bridgehead atoms. The fourth-order valence-electron chi connectivity index (χ4n) is 2.73. The molecule has 0 aliphatic heterocycles. The van der Waals surface area contributed by atoms with Crippen LogP contribution in [0.15, 0.2) is 91.0 Å². The second-order valence-corrected chi connectivity index (χ2v) is 9.31. The molecule has 2 nitrogen and oxygen atoms in total. The molecule has 0 radical (unpaired) electrons. The summed E-state index contributed by atoms with van der Waals surface area (Å²) in [6, 6.07) is 30.4. The van der Waals surface area contributed by atoms with Crippen LogP contribution in [0.2, 0.25) is 0 Å². The van der Waals surface area contributed by atoms with Gasteiger partial charge in [0.05, 0.1) is 0 Å². The monoisotopic (exact) mass is 342 g/mol. The van der Waals surface area contributed by atoms with E-state index in [1.807, 2.05) is 54.6 Å². The fourth-order valence-corrected chi connectivity index (χ4v) is 8.15. The molecule has 0 N–H and O–H groups in total. The minimum absolute atomic E-state index is 1.11. The van der Waals surface area contributed by atoms with Gasteiger partial charge < -0.3 is 0 Å². The van der Waals surface area contributed by atoms with E-state index in [9.17, 15) is 3.67 Å². The Morgan fingerprint density at radius 2 is 0.909 bits per heavy atom. The average Bonchev–Trinajstić information content (AvgIpc) is 2.62. The third-order valence-electron chi connectivity index (χ3n) is 3.72. The van der Waals surface area contributed by atoms with Crippen molar-refractivity contribution in [3.63, 3.8) is 0 Å².